The Bertz CT molecular complexity index is 1910. The number of aromatic nitrogens is 1. The van der Waals surface area contributed by atoms with Gasteiger partial charge in [0, 0.05) is 28.6 Å². The second-order valence-electron chi connectivity index (χ2n) is 12.2. The monoisotopic (exact) mass is 642 g/mol. The molecule has 4 aromatic rings. The van der Waals surface area contributed by atoms with Crippen LogP contribution in [0.2, 0.25) is 0 Å². The molecular formula is C33H30N4O6S2. The first-order valence-corrected chi connectivity index (χ1v) is 16.0. The molecular weight excluding hydrogens is 613 g/mol. The van der Waals surface area contributed by atoms with Crippen molar-refractivity contribution in [2.24, 2.45) is 5.92 Å². The van der Waals surface area contributed by atoms with Gasteiger partial charge in [-0.2, -0.15) is 0 Å². The Morgan fingerprint density at radius 2 is 1.67 bits per heavy atom. The number of anilines is 2. The Morgan fingerprint density at radius 3 is 2.29 bits per heavy atom. The highest BCUT2D eigenvalue weighted by Gasteiger charge is 2.56. The van der Waals surface area contributed by atoms with Crippen LogP contribution in [0.4, 0.5) is 17.1 Å². The summed E-state index contributed by atoms with van der Waals surface area (Å²) < 4.78 is 1.38. The fourth-order valence-corrected chi connectivity index (χ4v) is 8.62. The largest absolute Gasteiger partial charge is 0.325 e. The van der Waals surface area contributed by atoms with Crippen molar-refractivity contribution < 1.29 is 19.3 Å². The number of imide groups is 1. The van der Waals surface area contributed by atoms with Gasteiger partial charge in [0.15, 0.2) is 0 Å². The molecule has 0 bridgehead atoms. The number of amides is 3. The van der Waals surface area contributed by atoms with E-state index < -0.39 is 39.7 Å². The fourth-order valence-electron chi connectivity index (χ4n) is 5.85. The predicted molar refractivity (Wildman–Crippen MR) is 174 cm³/mol. The Balaban J connectivity index is 1.41. The average Bonchev–Trinajstić information content (AvgIpc) is 3.43. The standard InChI is InChI=1S/C33H30N4O6S2/c1-18-6-5-7-21(16-18)34-24(38)17-35-31-28(45-32(35)41)25(19-8-10-20(11-9-19)33(2,3)4)26-27(44-31)30(40)36(29(26)39)22-12-14-23(15-13-22)37(42)43/h5-16,25-27H,17H2,1-4H3,(H,34,38). The third-order valence-electron chi connectivity index (χ3n) is 8.11. The number of nitrogens with zero attached hydrogens (tertiary/aromatic N) is 3. The Labute approximate surface area is 267 Å². The van der Waals surface area contributed by atoms with Gasteiger partial charge < -0.3 is 5.32 Å². The molecule has 3 atom stereocenters. The molecule has 2 aliphatic heterocycles. The van der Waals surface area contributed by atoms with Gasteiger partial charge in [-0.25, -0.2) is 4.90 Å². The number of nitro groups is 1. The van der Waals surface area contributed by atoms with Crippen molar-refractivity contribution in [1.82, 2.24) is 4.57 Å². The number of rotatable bonds is 6. The molecule has 1 N–H and O–H groups in total. The van der Waals surface area contributed by atoms with Crippen LogP contribution in [0, 0.1) is 23.0 Å². The fraction of sp³-hybridized carbons (Fsp3) is 0.273. The number of benzene rings is 3. The molecule has 10 nitrogen and oxygen atoms in total. The van der Waals surface area contributed by atoms with Crippen molar-refractivity contribution in [3.05, 3.63) is 114 Å². The lowest BCUT2D eigenvalue weighted by atomic mass is 9.81. The lowest BCUT2D eigenvalue weighted by Gasteiger charge is -2.31. The van der Waals surface area contributed by atoms with Gasteiger partial charge in [-0.1, -0.05) is 80.3 Å². The molecule has 3 heterocycles. The van der Waals surface area contributed by atoms with Crippen molar-refractivity contribution in [2.75, 3.05) is 10.2 Å². The summed E-state index contributed by atoms with van der Waals surface area (Å²) in [7, 11) is 0. The maximum absolute atomic E-state index is 14.1. The van der Waals surface area contributed by atoms with E-state index in [-0.39, 0.29) is 28.2 Å². The van der Waals surface area contributed by atoms with E-state index >= 15 is 0 Å². The number of thiazole rings is 1. The van der Waals surface area contributed by atoms with E-state index in [1.165, 1.54) is 28.8 Å². The first-order valence-electron chi connectivity index (χ1n) is 14.3. The molecule has 0 saturated carbocycles. The van der Waals surface area contributed by atoms with E-state index in [0.29, 0.717) is 15.6 Å². The van der Waals surface area contributed by atoms with E-state index in [0.717, 1.165) is 44.7 Å². The number of aryl methyl sites for hydroxylation is 1. The van der Waals surface area contributed by atoms with Crippen LogP contribution in [0.5, 0.6) is 0 Å². The van der Waals surface area contributed by atoms with Crippen LogP contribution in [0.15, 0.2) is 82.6 Å². The zero-order valence-corrected chi connectivity index (χ0v) is 26.6. The van der Waals surface area contributed by atoms with Crippen molar-refractivity contribution in [1.29, 1.82) is 0 Å². The number of thioether (sulfide) groups is 1. The predicted octanol–water partition coefficient (Wildman–Crippen LogP) is 5.86. The van der Waals surface area contributed by atoms with Gasteiger partial charge in [-0.3, -0.25) is 33.9 Å². The lowest BCUT2D eigenvalue weighted by molar-refractivity contribution is -0.384. The van der Waals surface area contributed by atoms with Gasteiger partial charge >= 0.3 is 4.87 Å². The quantitative estimate of drug-likeness (QED) is 0.158. The minimum absolute atomic E-state index is 0.112. The van der Waals surface area contributed by atoms with Crippen molar-refractivity contribution in [2.45, 2.75) is 55.8 Å². The number of carbonyl (C=O) groups excluding carboxylic acids is 3. The molecule has 1 aromatic heterocycles. The molecule has 0 radical (unpaired) electrons. The summed E-state index contributed by atoms with van der Waals surface area (Å²) in [6.45, 7) is 7.95. The summed E-state index contributed by atoms with van der Waals surface area (Å²) in [5.74, 6) is -2.73. The van der Waals surface area contributed by atoms with Crippen LogP contribution in [0.3, 0.4) is 0 Å². The van der Waals surface area contributed by atoms with Gasteiger partial charge in [-0.05, 0) is 53.3 Å². The highest BCUT2D eigenvalue weighted by molar-refractivity contribution is 8.00. The van der Waals surface area contributed by atoms with Gasteiger partial charge in [0.1, 0.15) is 11.8 Å². The van der Waals surface area contributed by atoms with Crippen LogP contribution in [0.1, 0.15) is 48.3 Å². The minimum atomic E-state index is -0.868. The van der Waals surface area contributed by atoms with Crippen molar-refractivity contribution in [3.63, 3.8) is 0 Å². The third kappa shape index (κ3) is 5.59. The molecule has 0 aliphatic carbocycles. The van der Waals surface area contributed by atoms with Crippen LogP contribution >= 0.6 is 23.1 Å². The topological polar surface area (TPSA) is 132 Å². The third-order valence-corrected chi connectivity index (χ3v) is 10.7. The van der Waals surface area contributed by atoms with Gasteiger partial charge in [-0.15, -0.1) is 0 Å². The summed E-state index contributed by atoms with van der Waals surface area (Å²) in [4.78, 5) is 66.6. The van der Waals surface area contributed by atoms with Crippen LogP contribution in [-0.2, 0) is 26.3 Å². The van der Waals surface area contributed by atoms with E-state index in [4.69, 9.17) is 0 Å². The highest BCUT2D eigenvalue weighted by Crippen LogP contribution is 2.54. The molecule has 2 aliphatic rings. The summed E-state index contributed by atoms with van der Waals surface area (Å²) in [6, 6.07) is 20.5. The summed E-state index contributed by atoms with van der Waals surface area (Å²) in [5, 5.41) is 13.7. The molecule has 230 valence electrons. The van der Waals surface area contributed by atoms with Gasteiger partial charge in [0.2, 0.25) is 17.7 Å². The van der Waals surface area contributed by atoms with Gasteiger partial charge in [0.25, 0.3) is 5.69 Å². The maximum Gasteiger partial charge on any atom is 0.308 e. The highest BCUT2D eigenvalue weighted by atomic mass is 32.2. The van der Waals surface area contributed by atoms with Crippen molar-refractivity contribution in [3.8, 4) is 0 Å². The van der Waals surface area contributed by atoms with Crippen LogP contribution in [-0.4, -0.2) is 32.5 Å². The van der Waals surface area contributed by atoms with Crippen LogP contribution < -0.4 is 15.1 Å². The molecule has 6 rings (SSSR count). The van der Waals surface area contributed by atoms with Crippen molar-refractivity contribution >= 4 is 57.9 Å². The first kappa shape index (κ1) is 30.5. The zero-order valence-electron chi connectivity index (χ0n) is 25.0. The maximum atomic E-state index is 14.1. The molecule has 12 heteroatoms. The number of hydrogen-bond acceptors (Lipinski definition) is 8. The molecule has 1 saturated heterocycles. The number of hydrogen-bond donors (Lipinski definition) is 1. The second-order valence-corrected chi connectivity index (χ2v) is 14.4. The number of non-ortho nitro benzene ring substituents is 1. The van der Waals surface area contributed by atoms with E-state index in [1.807, 2.05) is 49.4 Å². The molecule has 1 fully saturated rings. The Kier molecular flexibility index (Phi) is 7.74. The molecule has 3 unspecified atom stereocenters. The Hall–Kier alpha value is -4.55. The minimum Gasteiger partial charge on any atom is -0.325 e. The van der Waals surface area contributed by atoms with E-state index in [2.05, 4.69) is 26.1 Å². The van der Waals surface area contributed by atoms with Gasteiger partial charge in [0.05, 0.1) is 21.6 Å². The lowest BCUT2D eigenvalue weighted by Crippen LogP contribution is -2.33. The van der Waals surface area contributed by atoms with E-state index in [9.17, 15) is 29.3 Å². The normalized spacial score (nSPS) is 19.3. The molecule has 3 aromatic carbocycles. The number of carbonyl (C=O) groups is 3. The second kappa shape index (κ2) is 11.4. The zero-order chi connectivity index (χ0) is 32.2. The van der Waals surface area contributed by atoms with E-state index in [1.54, 1.807) is 6.07 Å². The molecule has 45 heavy (non-hydrogen) atoms. The molecule has 0 spiro atoms. The summed E-state index contributed by atoms with van der Waals surface area (Å²) in [6.07, 6.45) is 0. The SMILES string of the molecule is Cc1cccc(NC(=O)Cn2c3c(sc2=O)C(c2ccc(C(C)(C)C)cc2)C2C(=O)N(c4ccc([N+](=O)[O-])cc4)C(=O)C2S3)c1. The first-order chi connectivity index (χ1) is 21.3. The summed E-state index contributed by atoms with van der Waals surface area (Å²) >= 11 is 2.11. The summed E-state index contributed by atoms with van der Waals surface area (Å²) in [5.41, 5.74) is 3.43. The average molecular weight is 643 g/mol. The number of nitro benzene ring substituents is 1. The smallest absolute Gasteiger partial charge is 0.308 e. The van der Waals surface area contributed by atoms with Crippen LogP contribution in [0.25, 0.3) is 0 Å². The molecule has 3 amide bonds. The number of nitrogens with one attached hydrogen (secondary N) is 1. The number of fused-ring (bicyclic) bond motifs is 2. The Morgan fingerprint density at radius 1 is 0.978 bits per heavy atom.